The van der Waals surface area contributed by atoms with E-state index in [1.807, 2.05) is 18.7 Å². The van der Waals surface area contributed by atoms with E-state index in [4.69, 9.17) is 0 Å². The molecule has 0 aliphatic heterocycles. The van der Waals surface area contributed by atoms with Crippen molar-refractivity contribution in [3.05, 3.63) is 51.8 Å². The molecule has 2 rings (SSSR count). The number of nitrogens with zero attached hydrogens (tertiary/aromatic N) is 2. The highest BCUT2D eigenvalue weighted by Crippen LogP contribution is 2.22. The molecule has 2 aromatic rings. The minimum absolute atomic E-state index is 0.429. The van der Waals surface area contributed by atoms with Crippen LogP contribution in [-0.2, 0) is 19.9 Å². The molecule has 1 atom stereocenters. The largest absolute Gasteiger partial charge is 0.313 e. The van der Waals surface area contributed by atoms with E-state index in [-0.39, 0.29) is 0 Å². The second-order valence-corrected chi connectivity index (χ2v) is 6.31. The van der Waals surface area contributed by atoms with Crippen molar-refractivity contribution >= 4 is 15.9 Å². The molecule has 1 aromatic carbocycles. The number of aromatic nitrogens is 2. The molecule has 1 heterocycles. The lowest BCUT2D eigenvalue weighted by Crippen LogP contribution is -2.34. The molecule has 0 bridgehead atoms. The van der Waals surface area contributed by atoms with Crippen LogP contribution in [0.1, 0.15) is 30.3 Å². The smallest absolute Gasteiger partial charge is 0.0738 e. The number of aryl methyl sites for hydroxylation is 2. The number of nitrogens with one attached hydrogen (secondary N) is 1. The first kappa shape index (κ1) is 16.2. The van der Waals surface area contributed by atoms with Crippen LogP contribution in [0.5, 0.6) is 0 Å². The van der Waals surface area contributed by atoms with Crippen LogP contribution in [-0.4, -0.2) is 22.4 Å². The minimum atomic E-state index is 0.429. The first-order valence-electron chi connectivity index (χ1n) is 7.57. The zero-order valence-electron chi connectivity index (χ0n) is 13.1. The molecule has 4 heteroatoms. The maximum atomic E-state index is 4.49. The van der Waals surface area contributed by atoms with Gasteiger partial charge in [-0.1, -0.05) is 37.3 Å². The lowest BCUT2D eigenvalue weighted by atomic mass is 10.0. The van der Waals surface area contributed by atoms with Crippen molar-refractivity contribution in [3.8, 4) is 0 Å². The van der Waals surface area contributed by atoms with Crippen LogP contribution in [0, 0.1) is 6.92 Å². The molecule has 21 heavy (non-hydrogen) atoms. The topological polar surface area (TPSA) is 29.9 Å². The summed E-state index contributed by atoms with van der Waals surface area (Å²) in [5.74, 6) is 0. The lowest BCUT2D eigenvalue weighted by Gasteiger charge is -2.19. The van der Waals surface area contributed by atoms with Crippen LogP contribution < -0.4 is 5.32 Å². The van der Waals surface area contributed by atoms with Gasteiger partial charge < -0.3 is 5.32 Å². The van der Waals surface area contributed by atoms with Gasteiger partial charge in [0.15, 0.2) is 0 Å². The summed E-state index contributed by atoms with van der Waals surface area (Å²) in [7, 11) is 2.02. The van der Waals surface area contributed by atoms with E-state index in [9.17, 15) is 0 Å². The number of hydrogen-bond donors (Lipinski definition) is 1. The summed E-state index contributed by atoms with van der Waals surface area (Å²) in [4.78, 5) is 0. The third-order valence-electron chi connectivity index (χ3n) is 3.71. The molecule has 1 aromatic heterocycles. The van der Waals surface area contributed by atoms with Crippen LogP contribution in [0.25, 0.3) is 0 Å². The Labute approximate surface area is 135 Å². The lowest BCUT2D eigenvalue weighted by molar-refractivity contribution is 0.490. The molecule has 114 valence electrons. The molecule has 0 fully saturated rings. The van der Waals surface area contributed by atoms with Crippen molar-refractivity contribution in [1.29, 1.82) is 0 Å². The van der Waals surface area contributed by atoms with Gasteiger partial charge >= 0.3 is 0 Å². The van der Waals surface area contributed by atoms with Gasteiger partial charge in [0.25, 0.3) is 0 Å². The van der Waals surface area contributed by atoms with Crippen molar-refractivity contribution in [2.45, 2.75) is 39.2 Å². The Hall–Kier alpha value is -1.13. The van der Waals surface area contributed by atoms with Gasteiger partial charge in [0.1, 0.15) is 0 Å². The van der Waals surface area contributed by atoms with Gasteiger partial charge in [-0.25, -0.2) is 0 Å². The maximum Gasteiger partial charge on any atom is 0.0738 e. The summed E-state index contributed by atoms with van der Waals surface area (Å²) < 4.78 is 3.13. The SMILES string of the molecule is CCCNC(Cc1ccccc1)Cc1c(Br)c(C)nn1C. The molecule has 0 aliphatic carbocycles. The van der Waals surface area contributed by atoms with Gasteiger partial charge in [-0.2, -0.15) is 5.10 Å². The minimum Gasteiger partial charge on any atom is -0.313 e. The van der Waals surface area contributed by atoms with Crippen LogP contribution in [0.4, 0.5) is 0 Å². The summed E-state index contributed by atoms with van der Waals surface area (Å²) in [6.45, 7) is 5.29. The molecular formula is C17H24BrN3. The first-order valence-corrected chi connectivity index (χ1v) is 8.36. The van der Waals surface area contributed by atoms with E-state index >= 15 is 0 Å². The Morgan fingerprint density at radius 2 is 1.95 bits per heavy atom. The predicted octanol–water partition coefficient (Wildman–Crippen LogP) is 3.64. The van der Waals surface area contributed by atoms with Crippen LogP contribution in [0.3, 0.4) is 0 Å². The normalized spacial score (nSPS) is 12.6. The average molecular weight is 350 g/mol. The molecule has 0 saturated heterocycles. The molecule has 1 N–H and O–H groups in total. The fourth-order valence-electron chi connectivity index (χ4n) is 2.60. The highest BCUT2D eigenvalue weighted by molar-refractivity contribution is 9.10. The monoisotopic (exact) mass is 349 g/mol. The van der Waals surface area contributed by atoms with E-state index in [1.54, 1.807) is 0 Å². The molecule has 0 aliphatic rings. The van der Waals surface area contributed by atoms with Crippen LogP contribution in [0.2, 0.25) is 0 Å². The number of halogens is 1. The quantitative estimate of drug-likeness (QED) is 0.826. The fraction of sp³-hybridized carbons (Fsp3) is 0.471. The van der Waals surface area contributed by atoms with Crippen molar-refractivity contribution < 1.29 is 0 Å². The van der Waals surface area contributed by atoms with Gasteiger partial charge in [0.2, 0.25) is 0 Å². The molecule has 0 saturated carbocycles. The second-order valence-electron chi connectivity index (χ2n) is 5.51. The summed E-state index contributed by atoms with van der Waals surface area (Å²) in [5, 5.41) is 8.16. The fourth-order valence-corrected chi connectivity index (χ4v) is 3.10. The molecule has 0 spiro atoms. The summed E-state index contributed by atoms with van der Waals surface area (Å²) >= 11 is 3.67. The van der Waals surface area contributed by atoms with E-state index in [2.05, 4.69) is 63.6 Å². The Morgan fingerprint density at radius 3 is 2.52 bits per heavy atom. The third kappa shape index (κ3) is 4.42. The second kappa shape index (κ2) is 7.76. The molecular weight excluding hydrogens is 326 g/mol. The predicted molar refractivity (Wildman–Crippen MR) is 91.6 cm³/mol. The van der Waals surface area contributed by atoms with Crippen molar-refractivity contribution in [2.75, 3.05) is 6.54 Å². The van der Waals surface area contributed by atoms with Gasteiger partial charge in [0, 0.05) is 19.5 Å². The van der Waals surface area contributed by atoms with E-state index in [0.717, 1.165) is 36.0 Å². The maximum absolute atomic E-state index is 4.49. The van der Waals surface area contributed by atoms with Gasteiger partial charge in [-0.3, -0.25) is 4.68 Å². The third-order valence-corrected chi connectivity index (χ3v) is 4.74. The van der Waals surface area contributed by atoms with Crippen molar-refractivity contribution in [2.24, 2.45) is 7.05 Å². The van der Waals surface area contributed by atoms with Crippen molar-refractivity contribution in [3.63, 3.8) is 0 Å². The Kier molecular flexibility index (Phi) is 6.00. The molecule has 3 nitrogen and oxygen atoms in total. The van der Waals surface area contributed by atoms with E-state index in [1.165, 1.54) is 11.3 Å². The number of rotatable bonds is 7. The number of benzene rings is 1. The van der Waals surface area contributed by atoms with Gasteiger partial charge in [0.05, 0.1) is 15.9 Å². The molecule has 0 amide bonds. The average Bonchev–Trinajstić information content (AvgIpc) is 2.72. The highest BCUT2D eigenvalue weighted by atomic mass is 79.9. The highest BCUT2D eigenvalue weighted by Gasteiger charge is 2.16. The zero-order valence-corrected chi connectivity index (χ0v) is 14.7. The van der Waals surface area contributed by atoms with Crippen LogP contribution >= 0.6 is 15.9 Å². The Bertz CT molecular complexity index is 563. The Balaban J connectivity index is 2.12. The van der Waals surface area contributed by atoms with Crippen LogP contribution in [0.15, 0.2) is 34.8 Å². The summed E-state index contributed by atoms with van der Waals surface area (Å²) in [6.07, 6.45) is 3.17. The Morgan fingerprint density at radius 1 is 1.24 bits per heavy atom. The number of hydrogen-bond acceptors (Lipinski definition) is 2. The first-order chi connectivity index (χ1) is 10.1. The molecule has 0 radical (unpaired) electrons. The van der Waals surface area contributed by atoms with E-state index in [0.29, 0.717) is 6.04 Å². The van der Waals surface area contributed by atoms with Gasteiger partial charge in [-0.05, 0) is 47.8 Å². The van der Waals surface area contributed by atoms with Crippen molar-refractivity contribution in [1.82, 2.24) is 15.1 Å². The summed E-state index contributed by atoms with van der Waals surface area (Å²) in [6, 6.07) is 11.1. The standard InChI is InChI=1S/C17H24BrN3/c1-4-10-19-15(11-14-8-6-5-7-9-14)12-16-17(18)13(2)20-21(16)3/h5-9,15,19H,4,10-12H2,1-3H3. The van der Waals surface area contributed by atoms with E-state index < -0.39 is 0 Å². The zero-order chi connectivity index (χ0) is 15.2. The molecule has 1 unspecified atom stereocenters. The summed E-state index contributed by atoms with van der Waals surface area (Å²) in [5.41, 5.74) is 3.69. The van der Waals surface area contributed by atoms with Gasteiger partial charge in [-0.15, -0.1) is 0 Å².